The third kappa shape index (κ3) is 2.31. The maximum Gasteiger partial charge on any atom is 1.00 e. The van der Waals surface area contributed by atoms with Crippen molar-refractivity contribution in [2.24, 2.45) is 0 Å². The fraction of sp³-hybridized carbons (Fsp3) is 0.222. The molecule has 0 spiro atoms. The number of epoxide rings is 1. The molecule has 1 aromatic rings. The molecule has 1 saturated heterocycles. The number of carbonyl (C=O) groups excluding carboxylic acids is 1. The number of carbonyl (C=O) groups is 1. The van der Waals surface area contributed by atoms with Crippen LogP contribution in [0.3, 0.4) is 0 Å². The average Bonchev–Trinajstić information content (AvgIpc) is 2.84. The number of hydrogen-bond acceptors (Lipinski definition) is 3. The van der Waals surface area contributed by atoms with E-state index in [1.807, 2.05) is 30.3 Å². The molecule has 2 rings (SSSR count). The Morgan fingerprint density at radius 1 is 1.31 bits per heavy atom. The van der Waals surface area contributed by atoms with Gasteiger partial charge in [-0.2, -0.15) is 0 Å². The zero-order chi connectivity index (χ0) is 8.55. The molecular formula is C9H7NaO3. The van der Waals surface area contributed by atoms with E-state index in [0.717, 1.165) is 5.56 Å². The van der Waals surface area contributed by atoms with E-state index in [1.54, 1.807) is 0 Å². The first-order valence-corrected chi connectivity index (χ1v) is 3.70. The third-order valence-corrected chi connectivity index (χ3v) is 1.85. The van der Waals surface area contributed by atoms with Crippen molar-refractivity contribution in [1.82, 2.24) is 0 Å². The van der Waals surface area contributed by atoms with Gasteiger partial charge in [0.25, 0.3) is 0 Å². The standard InChI is InChI=1S/C9H8O3.Na/c10-9(11)8-7(12-8)6-4-2-1-3-5-6;/h1-5,7-8H,(H,10,11);/q;+1/p-1/t7-,8-;/m1./s1. The maximum atomic E-state index is 10.3. The molecule has 0 bridgehead atoms. The number of aliphatic carboxylic acids is 1. The van der Waals surface area contributed by atoms with Crippen LogP contribution in [-0.4, -0.2) is 12.1 Å². The molecule has 2 atom stereocenters. The summed E-state index contributed by atoms with van der Waals surface area (Å²) in [5, 5.41) is 10.3. The van der Waals surface area contributed by atoms with Crippen LogP contribution < -0.4 is 34.7 Å². The van der Waals surface area contributed by atoms with Crippen LogP contribution in [0.5, 0.6) is 0 Å². The van der Waals surface area contributed by atoms with Crippen molar-refractivity contribution in [2.75, 3.05) is 0 Å². The van der Waals surface area contributed by atoms with Crippen molar-refractivity contribution in [2.45, 2.75) is 12.2 Å². The predicted molar refractivity (Wildman–Crippen MR) is 39.1 cm³/mol. The first kappa shape index (κ1) is 10.7. The van der Waals surface area contributed by atoms with Crippen molar-refractivity contribution in [3.8, 4) is 0 Å². The van der Waals surface area contributed by atoms with Gasteiger partial charge in [0, 0.05) is 0 Å². The molecule has 0 aromatic heterocycles. The van der Waals surface area contributed by atoms with Crippen molar-refractivity contribution in [1.29, 1.82) is 0 Å². The fourth-order valence-corrected chi connectivity index (χ4v) is 1.19. The summed E-state index contributed by atoms with van der Waals surface area (Å²) in [6.07, 6.45) is -1.04. The minimum absolute atomic E-state index is 0. The third-order valence-electron chi connectivity index (χ3n) is 1.85. The van der Waals surface area contributed by atoms with Crippen LogP contribution >= 0.6 is 0 Å². The Morgan fingerprint density at radius 3 is 2.38 bits per heavy atom. The van der Waals surface area contributed by atoms with Gasteiger partial charge >= 0.3 is 29.6 Å². The monoisotopic (exact) mass is 186 g/mol. The number of rotatable bonds is 2. The van der Waals surface area contributed by atoms with Gasteiger partial charge in [-0.3, -0.25) is 0 Å². The number of carboxylic acids is 1. The van der Waals surface area contributed by atoms with Crippen LogP contribution in [0, 0.1) is 0 Å². The first-order chi connectivity index (χ1) is 5.79. The Hall–Kier alpha value is -0.350. The number of carboxylic acid groups (broad SMARTS) is 1. The molecule has 62 valence electrons. The molecule has 13 heavy (non-hydrogen) atoms. The maximum absolute atomic E-state index is 10.3. The van der Waals surface area contributed by atoms with Crippen molar-refractivity contribution < 1.29 is 44.2 Å². The minimum atomic E-state index is -1.14. The molecule has 1 heterocycles. The second kappa shape index (κ2) is 4.24. The van der Waals surface area contributed by atoms with Gasteiger partial charge in [-0.25, -0.2) is 0 Å². The Kier molecular flexibility index (Phi) is 3.50. The normalized spacial score (nSPS) is 24.6. The molecule has 0 saturated carbocycles. The Labute approximate surface area is 98.0 Å². The van der Waals surface area contributed by atoms with Crippen molar-refractivity contribution in [3.05, 3.63) is 35.9 Å². The van der Waals surface area contributed by atoms with Gasteiger partial charge in [-0.05, 0) is 5.56 Å². The van der Waals surface area contributed by atoms with Gasteiger partial charge in [0.15, 0.2) is 0 Å². The van der Waals surface area contributed by atoms with Gasteiger partial charge in [-0.1, -0.05) is 30.3 Å². The van der Waals surface area contributed by atoms with Gasteiger partial charge in [0.1, 0.15) is 12.2 Å². The van der Waals surface area contributed by atoms with E-state index in [1.165, 1.54) is 0 Å². The van der Waals surface area contributed by atoms with Crippen LogP contribution in [0.15, 0.2) is 30.3 Å². The molecule has 1 aliphatic heterocycles. The summed E-state index contributed by atoms with van der Waals surface area (Å²) in [4.78, 5) is 10.3. The summed E-state index contributed by atoms with van der Waals surface area (Å²) < 4.78 is 4.90. The average molecular weight is 186 g/mol. The van der Waals surface area contributed by atoms with Gasteiger partial charge in [-0.15, -0.1) is 0 Å². The quantitative estimate of drug-likeness (QED) is 0.363. The Balaban J connectivity index is 0.000000845. The van der Waals surface area contributed by atoms with E-state index in [2.05, 4.69) is 0 Å². The van der Waals surface area contributed by atoms with E-state index < -0.39 is 12.1 Å². The van der Waals surface area contributed by atoms with E-state index in [4.69, 9.17) is 4.74 Å². The molecule has 0 aliphatic carbocycles. The molecule has 1 aliphatic rings. The van der Waals surface area contributed by atoms with Gasteiger partial charge in [0.05, 0.1) is 5.97 Å². The van der Waals surface area contributed by atoms with Crippen LogP contribution in [0.4, 0.5) is 0 Å². The molecule has 1 aromatic carbocycles. The van der Waals surface area contributed by atoms with Gasteiger partial charge in [0.2, 0.25) is 0 Å². The van der Waals surface area contributed by atoms with Crippen molar-refractivity contribution >= 4 is 5.97 Å². The second-order valence-electron chi connectivity index (χ2n) is 2.71. The Morgan fingerprint density at radius 2 is 1.92 bits per heavy atom. The molecule has 0 unspecified atom stereocenters. The van der Waals surface area contributed by atoms with E-state index in [-0.39, 0.29) is 35.7 Å². The molecule has 3 nitrogen and oxygen atoms in total. The van der Waals surface area contributed by atoms with E-state index in [0.29, 0.717) is 0 Å². The largest absolute Gasteiger partial charge is 1.00 e. The number of ether oxygens (including phenoxy) is 1. The number of benzene rings is 1. The summed E-state index contributed by atoms with van der Waals surface area (Å²) >= 11 is 0. The molecule has 1 fully saturated rings. The minimum Gasteiger partial charge on any atom is -0.547 e. The summed E-state index contributed by atoms with van der Waals surface area (Å²) in [5.41, 5.74) is 0.895. The van der Waals surface area contributed by atoms with Crippen LogP contribution in [-0.2, 0) is 9.53 Å². The smallest absolute Gasteiger partial charge is 0.547 e. The van der Waals surface area contributed by atoms with Crippen molar-refractivity contribution in [3.63, 3.8) is 0 Å². The Bertz CT molecular complexity index is 299. The molecule has 0 amide bonds. The zero-order valence-corrected chi connectivity index (χ0v) is 9.27. The second-order valence-corrected chi connectivity index (χ2v) is 2.71. The summed E-state index contributed by atoms with van der Waals surface area (Å²) in [6.45, 7) is 0. The van der Waals surface area contributed by atoms with Gasteiger partial charge < -0.3 is 14.6 Å². The zero-order valence-electron chi connectivity index (χ0n) is 7.27. The van der Waals surface area contributed by atoms with Crippen LogP contribution in [0.1, 0.15) is 11.7 Å². The summed E-state index contributed by atoms with van der Waals surface area (Å²) in [7, 11) is 0. The molecule has 0 radical (unpaired) electrons. The molecular weight excluding hydrogens is 179 g/mol. The van der Waals surface area contributed by atoms with E-state index >= 15 is 0 Å². The van der Waals surface area contributed by atoms with Crippen LogP contribution in [0.25, 0.3) is 0 Å². The first-order valence-electron chi connectivity index (χ1n) is 3.70. The summed E-state index contributed by atoms with van der Waals surface area (Å²) in [5.74, 6) is -1.14. The SMILES string of the molecule is O=C([O-])[C@@H]1O[C@@H]1c1ccccc1.[Na+]. The molecule has 0 N–H and O–H groups in total. The summed E-state index contributed by atoms with van der Waals surface area (Å²) in [6, 6.07) is 9.26. The fourth-order valence-electron chi connectivity index (χ4n) is 1.19. The molecule has 4 heteroatoms. The van der Waals surface area contributed by atoms with Crippen LogP contribution in [0.2, 0.25) is 0 Å². The topological polar surface area (TPSA) is 52.7 Å². The predicted octanol–water partition coefficient (Wildman–Crippen LogP) is -3.12. The van der Waals surface area contributed by atoms with E-state index in [9.17, 15) is 9.90 Å². The number of hydrogen-bond donors (Lipinski definition) is 0.